The lowest BCUT2D eigenvalue weighted by molar-refractivity contribution is -0.139. The molecule has 0 saturated heterocycles. The second-order valence-corrected chi connectivity index (χ2v) is 10.0. The largest absolute Gasteiger partial charge is 0.462 e. The molecule has 1 aromatic carbocycles. The number of ether oxygens (including phenoxy) is 3. The van der Waals surface area contributed by atoms with Gasteiger partial charge < -0.3 is 19.5 Å². The number of Topliss-reactive ketones (excluding diaryl/α,β-unsaturated/α-hetero) is 1. The van der Waals surface area contributed by atoms with Gasteiger partial charge in [0.1, 0.15) is 0 Å². The lowest BCUT2D eigenvalue weighted by Crippen LogP contribution is -2.38. The van der Waals surface area contributed by atoms with E-state index in [4.69, 9.17) is 14.2 Å². The summed E-state index contributed by atoms with van der Waals surface area (Å²) in [5.41, 5.74) is 3.39. The van der Waals surface area contributed by atoms with E-state index in [-0.39, 0.29) is 18.0 Å². The summed E-state index contributed by atoms with van der Waals surface area (Å²) >= 11 is 3.64. The van der Waals surface area contributed by atoms with Gasteiger partial charge in [0, 0.05) is 33.8 Å². The second kappa shape index (κ2) is 8.34. The van der Waals surface area contributed by atoms with Crippen LogP contribution in [0.2, 0.25) is 0 Å². The van der Waals surface area contributed by atoms with Gasteiger partial charge in [0.25, 0.3) is 0 Å². The van der Waals surface area contributed by atoms with Crippen LogP contribution in [0.1, 0.15) is 64.9 Å². The van der Waals surface area contributed by atoms with E-state index in [2.05, 4.69) is 35.1 Å². The number of benzene rings is 1. The van der Waals surface area contributed by atoms with Gasteiger partial charge in [-0.05, 0) is 42.9 Å². The van der Waals surface area contributed by atoms with Crippen molar-refractivity contribution < 1.29 is 23.8 Å². The van der Waals surface area contributed by atoms with E-state index in [0.29, 0.717) is 35.7 Å². The minimum atomic E-state index is -0.530. The lowest BCUT2D eigenvalue weighted by atomic mass is 9.68. The summed E-state index contributed by atoms with van der Waals surface area (Å²) in [5.74, 6) is 0.385. The van der Waals surface area contributed by atoms with Crippen molar-refractivity contribution in [1.82, 2.24) is 5.32 Å². The third-order valence-corrected chi connectivity index (χ3v) is 6.68. The number of dihydropyridines is 1. The van der Waals surface area contributed by atoms with E-state index >= 15 is 0 Å². The molecular weight excluding hydrogens is 462 g/mol. The number of nitrogens with one attached hydrogen (secondary N) is 1. The van der Waals surface area contributed by atoms with Crippen LogP contribution in [0.15, 0.2) is 39.1 Å². The summed E-state index contributed by atoms with van der Waals surface area (Å²) in [7, 11) is 0. The third kappa shape index (κ3) is 4.12. The van der Waals surface area contributed by atoms with Gasteiger partial charge in [-0.15, -0.1) is 0 Å². The van der Waals surface area contributed by atoms with Gasteiger partial charge in [-0.25, -0.2) is 4.79 Å². The first-order valence-corrected chi connectivity index (χ1v) is 11.5. The average Bonchev–Trinajstić information content (AvgIpc) is 3.12. The number of halogens is 1. The van der Waals surface area contributed by atoms with Crippen LogP contribution < -0.4 is 14.8 Å². The maximum Gasteiger partial charge on any atom is 0.336 e. The van der Waals surface area contributed by atoms with E-state index in [1.165, 1.54) is 0 Å². The van der Waals surface area contributed by atoms with Crippen LogP contribution >= 0.6 is 15.9 Å². The first-order valence-electron chi connectivity index (χ1n) is 10.7. The molecule has 7 heteroatoms. The number of ketones is 1. The Morgan fingerprint density at radius 1 is 1.26 bits per heavy atom. The predicted octanol–water partition coefficient (Wildman–Crippen LogP) is 5.13. The van der Waals surface area contributed by atoms with Gasteiger partial charge in [0.2, 0.25) is 6.79 Å². The number of hydrogen-bond acceptors (Lipinski definition) is 6. The maximum atomic E-state index is 13.4. The van der Waals surface area contributed by atoms with Crippen LogP contribution in [-0.4, -0.2) is 25.2 Å². The Hall–Kier alpha value is -2.28. The standard InChI is InChI=1S/C24H28BrNO5/c1-5-6-7-29-23(28)20-13(2)26-16-10-24(3,4)11-17(27)22(16)21(20)14-8-18-19(9-15(14)25)31-12-30-18/h8-9,21,26H,5-7,10-12H2,1-4H3/t21-/m0/s1. The molecule has 0 fully saturated rings. The van der Waals surface area contributed by atoms with Gasteiger partial charge in [-0.1, -0.05) is 43.1 Å². The molecule has 1 atom stereocenters. The number of carbonyl (C=O) groups excluding carboxylic acids is 2. The molecule has 3 aliphatic rings. The zero-order valence-corrected chi connectivity index (χ0v) is 20.0. The molecule has 1 aliphatic carbocycles. The van der Waals surface area contributed by atoms with Gasteiger partial charge in [-0.2, -0.15) is 0 Å². The van der Waals surface area contributed by atoms with Gasteiger partial charge in [0.05, 0.1) is 12.2 Å². The molecule has 1 aromatic rings. The highest BCUT2D eigenvalue weighted by atomic mass is 79.9. The molecule has 4 rings (SSSR count). The first kappa shape index (κ1) is 21.9. The van der Waals surface area contributed by atoms with Crippen LogP contribution in [-0.2, 0) is 14.3 Å². The molecule has 31 heavy (non-hydrogen) atoms. The van der Waals surface area contributed by atoms with E-state index in [1.54, 1.807) is 0 Å². The summed E-state index contributed by atoms with van der Waals surface area (Å²) in [6, 6.07) is 3.71. The number of unbranched alkanes of at least 4 members (excludes halogenated alkanes) is 1. The minimum absolute atomic E-state index is 0.0553. The molecule has 6 nitrogen and oxygen atoms in total. The molecule has 2 aliphatic heterocycles. The molecule has 0 saturated carbocycles. The molecular formula is C24H28BrNO5. The quantitative estimate of drug-likeness (QED) is 0.456. The zero-order valence-electron chi connectivity index (χ0n) is 18.4. The monoisotopic (exact) mass is 489 g/mol. The molecule has 0 unspecified atom stereocenters. The number of allylic oxidation sites excluding steroid dienone is 3. The fourth-order valence-corrected chi connectivity index (χ4v) is 5.11. The van der Waals surface area contributed by atoms with Crippen LogP contribution in [0, 0.1) is 5.41 Å². The summed E-state index contributed by atoms with van der Waals surface area (Å²) < 4.78 is 17.4. The van der Waals surface area contributed by atoms with Crippen molar-refractivity contribution >= 4 is 27.7 Å². The highest BCUT2D eigenvalue weighted by Crippen LogP contribution is 2.50. The van der Waals surface area contributed by atoms with Crippen molar-refractivity contribution in [3.05, 3.63) is 44.7 Å². The minimum Gasteiger partial charge on any atom is -0.462 e. The van der Waals surface area contributed by atoms with E-state index in [1.807, 2.05) is 26.0 Å². The Morgan fingerprint density at radius 2 is 1.97 bits per heavy atom. The topological polar surface area (TPSA) is 73.9 Å². The van der Waals surface area contributed by atoms with Crippen molar-refractivity contribution in [1.29, 1.82) is 0 Å². The number of hydrogen-bond donors (Lipinski definition) is 1. The van der Waals surface area contributed by atoms with E-state index < -0.39 is 11.9 Å². The number of rotatable bonds is 5. The van der Waals surface area contributed by atoms with Crippen molar-refractivity contribution in [2.75, 3.05) is 13.4 Å². The number of carbonyl (C=O) groups is 2. The Morgan fingerprint density at radius 3 is 2.68 bits per heavy atom. The highest BCUT2D eigenvalue weighted by molar-refractivity contribution is 9.10. The Kier molecular flexibility index (Phi) is 5.90. The zero-order chi connectivity index (χ0) is 22.3. The Bertz CT molecular complexity index is 1010. The fourth-order valence-electron chi connectivity index (χ4n) is 4.56. The summed E-state index contributed by atoms with van der Waals surface area (Å²) in [5, 5.41) is 3.36. The number of esters is 1. The molecule has 1 N–H and O–H groups in total. The predicted molar refractivity (Wildman–Crippen MR) is 120 cm³/mol. The van der Waals surface area contributed by atoms with E-state index in [9.17, 15) is 9.59 Å². The lowest BCUT2D eigenvalue weighted by Gasteiger charge is -2.39. The van der Waals surface area contributed by atoms with Gasteiger partial charge in [0.15, 0.2) is 17.3 Å². The molecule has 0 radical (unpaired) electrons. The van der Waals surface area contributed by atoms with Gasteiger partial charge >= 0.3 is 5.97 Å². The molecule has 166 valence electrons. The molecule has 2 heterocycles. The first-order chi connectivity index (χ1) is 14.7. The molecule has 0 spiro atoms. The van der Waals surface area contributed by atoms with Crippen molar-refractivity contribution in [3.63, 3.8) is 0 Å². The normalized spacial score (nSPS) is 21.7. The highest BCUT2D eigenvalue weighted by Gasteiger charge is 2.44. The molecule has 0 amide bonds. The number of fused-ring (bicyclic) bond motifs is 1. The van der Waals surface area contributed by atoms with Crippen molar-refractivity contribution in [2.45, 2.75) is 59.3 Å². The SMILES string of the molecule is CCCCOC(=O)C1=C(C)NC2=C(C(=O)CC(C)(C)C2)[C@H]1c1cc2c(cc1Br)OCO2. The summed E-state index contributed by atoms with van der Waals surface area (Å²) in [6.07, 6.45) is 2.90. The van der Waals surface area contributed by atoms with Crippen LogP contribution in [0.5, 0.6) is 11.5 Å². The van der Waals surface area contributed by atoms with Crippen LogP contribution in [0.25, 0.3) is 0 Å². The summed E-state index contributed by atoms with van der Waals surface area (Å²) in [6.45, 7) is 8.62. The average molecular weight is 490 g/mol. The van der Waals surface area contributed by atoms with Crippen LogP contribution in [0.4, 0.5) is 0 Å². The Balaban J connectivity index is 1.84. The third-order valence-electron chi connectivity index (χ3n) is 5.99. The molecule has 0 bridgehead atoms. The second-order valence-electron chi connectivity index (χ2n) is 9.15. The smallest absolute Gasteiger partial charge is 0.336 e. The van der Waals surface area contributed by atoms with Gasteiger partial charge in [-0.3, -0.25) is 4.79 Å². The van der Waals surface area contributed by atoms with E-state index in [0.717, 1.165) is 40.7 Å². The van der Waals surface area contributed by atoms with Crippen molar-refractivity contribution in [2.24, 2.45) is 5.41 Å². The summed E-state index contributed by atoms with van der Waals surface area (Å²) in [4.78, 5) is 26.6. The van der Waals surface area contributed by atoms with Crippen molar-refractivity contribution in [3.8, 4) is 11.5 Å². The maximum absolute atomic E-state index is 13.4. The Labute approximate surface area is 191 Å². The molecule has 0 aromatic heterocycles. The fraction of sp³-hybridized carbons (Fsp3) is 0.500. The van der Waals surface area contributed by atoms with Crippen LogP contribution in [0.3, 0.4) is 0 Å².